The number of nitrogens with zero attached hydrogens (tertiary/aromatic N) is 3. The first-order valence-electron chi connectivity index (χ1n) is 12.6. The maximum atomic E-state index is 5.86. The zero-order valence-electron chi connectivity index (χ0n) is 21.0. The van der Waals surface area contributed by atoms with Crippen molar-refractivity contribution in [3.05, 3.63) is 85.2 Å². The van der Waals surface area contributed by atoms with Crippen molar-refractivity contribution in [2.45, 2.75) is 0 Å². The molecule has 4 aromatic rings. The first kappa shape index (κ1) is 26.4. The molecule has 4 N–H and O–H groups in total. The Bertz CT molecular complexity index is 1130. The molecule has 0 aliphatic rings. The van der Waals surface area contributed by atoms with Crippen LogP contribution in [0.3, 0.4) is 0 Å². The third-order valence-electron chi connectivity index (χ3n) is 5.59. The molecule has 37 heavy (non-hydrogen) atoms. The number of pyridine rings is 3. The molecular formula is C29H34N6O2. The fourth-order valence-corrected chi connectivity index (χ4v) is 3.73. The summed E-state index contributed by atoms with van der Waals surface area (Å²) in [6.45, 7) is 5.82. The van der Waals surface area contributed by atoms with Crippen LogP contribution in [0.5, 0.6) is 5.75 Å². The molecule has 0 bridgehead atoms. The van der Waals surface area contributed by atoms with Crippen molar-refractivity contribution in [1.29, 1.82) is 0 Å². The monoisotopic (exact) mass is 498 g/mol. The molecule has 4 rings (SSSR count). The van der Waals surface area contributed by atoms with Gasteiger partial charge >= 0.3 is 0 Å². The Kier molecular flexibility index (Phi) is 10.5. The molecule has 8 heteroatoms. The van der Waals surface area contributed by atoms with Gasteiger partial charge in [-0.3, -0.25) is 9.97 Å². The summed E-state index contributed by atoms with van der Waals surface area (Å²) in [5, 5.41) is 6.56. The van der Waals surface area contributed by atoms with Crippen LogP contribution in [0.4, 0.5) is 0 Å². The van der Waals surface area contributed by atoms with Crippen LogP contribution in [0.1, 0.15) is 0 Å². The van der Waals surface area contributed by atoms with E-state index in [-0.39, 0.29) is 0 Å². The summed E-state index contributed by atoms with van der Waals surface area (Å²) < 4.78 is 11.5. The lowest BCUT2D eigenvalue weighted by Gasteiger charge is -2.11. The molecule has 0 saturated heterocycles. The normalized spacial score (nSPS) is 10.9. The maximum Gasteiger partial charge on any atom is 0.119 e. The minimum atomic E-state index is 0.500. The number of ether oxygens (including phenoxy) is 2. The number of hydrogen-bond donors (Lipinski definition) is 3. The van der Waals surface area contributed by atoms with Crippen molar-refractivity contribution in [3.8, 4) is 39.7 Å². The Morgan fingerprint density at radius 3 is 1.86 bits per heavy atom. The molecule has 0 amide bonds. The molecule has 0 atom stereocenters. The number of nitrogens with two attached hydrogens (primary N) is 1. The van der Waals surface area contributed by atoms with Gasteiger partial charge in [0, 0.05) is 45.1 Å². The zero-order chi connectivity index (χ0) is 25.5. The van der Waals surface area contributed by atoms with Crippen LogP contribution in [0.25, 0.3) is 33.9 Å². The van der Waals surface area contributed by atoms with Crippen molar-refractivity contribution in [1.82, 2.24) is 25.6 Å². The minimum absolute atomic E-state index is 0.500. The third kappa shape index (κ3) is 8.44. The summed E-state index contributed by atoms with van der Waals surface area (Å²) in [4.78, 5) is 13.8. The number of benzene rings is 1. The van der Waals surface area contributed by atoms with Gasteiger partial charge in [-0.15, -0.1) is 0 Å². The van der Waals surface area contributed by atoms with Gasteiger partial charge in [0.15, 0.2) is 0 Å². The lowest BCUT2D eigenvalue weighted by Crippen LogP contribution is -2.32. The number of rotatable bonds is 15. The second-order valence-electron chi connectivity index (χ2n) is 8.33. The van der Waals surface area contributed by atoms with Crippen molar-refractivity contribution < 1.29 is 9.47 Å². The Hall–Kier alpha value is -3.69. The van der Waals surface area contributed by atoms with E-state index in [1.165, 1.54) is 0 Å². The quantitative estimate of drug-likeness (QED) is 0.214. The molecule has 8 nitrogen and oxygen atoms in total. The third-order valence-corrected chi connectivity index (χ3v) is 5.59. The highest BCUT2D eigenvalue weighted by atomic mass is 16.5. The Morgan fingerprint density at radius 2 is 1.27 bits per heavy atom. The van der Waals surface area contributed by atoms with Crippen molar-refractivity contribution in [2.75, 3.05) is 52.5 Å². The van der Waals surface area contributed by atoms with Gasteiger partial charge in [0.1, 0.15) is 12.4 Å². The van der Waals surface area contributed by atoms with Gasteiger partial charge in [-0.2, -0.15) is 0 Å². The molecule has 0 radical (unpaired) electrons. The zero-order valence-corrected chi connectivity index (χ0v) is 21.0. The Labute approximate surface area is 218 Å². The molecule has 0 spiro atoms. The van der Waals surface area contributed by atoms with Crippen LogP contribution in [-0.2, 0) is 4.74 Å². The first-order chi connectivity index (χ1) is 18.3. The van der Waals surface area contributed by atoms with E-state index in [1.54, 1.807) is 12.4 Å². The van der Waals surface area contributed by atoms with Gasteiger partial charge < -0.3 is 25.8 Å². The van der Waals surface area contributed by atoms with Gasteiger partial charge in [0.25, 0.3) is 0 Å². The van der Waals surface area contributed by atoms with Crippen LogP contribution in [-0.4, -0.2) is 67.5 Å². The van der Waals surface area contributed by atoms with E-state index in [0.29, 0.717) is 26.4 Å². The fourth-order valence-electron chi connectivity index (χ4n) is 3.73. The number of aromatic nitrogens is 3. The minimum Gasteiger partial charge on any atom is -0.491 e. The summed E-state index contributed by atoms with van der Waals surface area (Å²) >= 11 is 0. The molecule has 192 valence electrons. The molecule has 1 aromatic carbocycles. The smallest absolute Gasteiger partial charge is 0.119 e. The number of hydrogen-bond acceptors (Lipinski definition) is 8. The fraction of sp³-hybridized carbons (Fsp3) is 0.276. The van der Waals surface area contributed by atoms with Crippen LogP contribution in [0.15, 0.2) is 85.2 Å². The molecular weight excluding hydrogens is 464 g/mol. The average Bonchev–Trinajstić information content (AvgIpc) is 2.97. The van der Waals surface area contributed by atoms with E-state index in [9.17, 15) is 0 Å². The highest BCUT2D eigenvalue weighted by Crippen LogP contribution is 2.29. The predicted octanol–water partition coefficient (Wildman–Crippen LogP) is 3.41. The summed E-state index contributed by atoms with van der Waals surface area (Å²) in [5.41, 5.74) is 10.8. The molecule has 0 aliphatic heterocycles. The van der Waals surface area contributed by atoms with Crippen molar-refractivity contribution in [3.63, 3.8) is 0 Å². The first-order valence-corrected chi connectivity index (χ1v) is 12.6. The van der Waals surface area contributed by atoms with E-state index in [1.807, 2.05) is 48.5 Å². The summed E-state index contributed by atoms with van der Waals surface area (Å²) in [7, 11) is 0. The Morgan fingerprint density at radius 1 is 0.622 bits per heavy atom. The van der Waals surface area contributed by atoms with Crippen LogP contribution < -0.4 is 21.1 Å². The van der Waals surface area contributed by atoms with Crippen molar-refractivity contribution >= 4 is 0 Å². The van der Waals surface area contributed by atoms with Gasteiger partial charge in [0.05, 0.1) is 36.0 Å². The SMILES string of the molecule is NCCNCCNCCOCCOc1ccc(-c2cc(-c3ccccn3)nc(-c3ccccn3)c2)cc1. The maximum absolute atomic E-state index is 5.86. The molecule has 0 fully saturated rings. The second-order valence-corrected chi connectivity index (χ2v) is 8.33. The second kappa shape index (κ2) is 14.8. The average molecular weight is 499 g/mol. The van der Waals surface area contributed by atoms with E-state index in [0.717, 1.165) is 65.8 Å². The lowest BCUT2D eigenvalue weighted by atomic mass is 10.0. The standard InChI is InChI=1S/C29H34N6O2/c30-11-14-31-15-16-32-17-18-36-19-20-37-25-9-7-23(8-10-25)24-21-28(26-5-1-3-12-33-26)35-29(22-24)27-6-2-4-13-34-27/h1-10,12-13,21-22,31-32H,11,14-20,30H2. The van der Waals surface area contributed by atoms with E-state index < -0.39 is 0 Å². The summed E-state index contributed by atoms with van der Waals surface area (Å²) in [6, 6.07) is 23.8. The van der Waals surface area contributed by atoms with E-state index in [2.05, 4.69) is 44.9 Å². The van der Waals surface area contributed by atoms with Crippen LogP contribution in [0.2, 0.25) is 0 Å². The molecule has 0 unspecified atom stereocenters. The molecule has 3 aromatic heterocycles. The molecule has 0 saturated carbocycles. The van der Waals surface area contributed by atoms with E-state index in [4.69, 9.17) is 20.2 Å². The molecule has 3 heterocycles. The molecule has 0 aliphatic carbocycles. The summed E-state index contributed by atoms with van der Waals surface area (Å²) in [5.74, 6) is 0.806. The van der Waals surface area contributed by atoms with Crippen molar-refractivity contribution in [2.24, 2.45) is 5.73 Å². The van der Waals surface area contributed by atoms with Crippen LogP contribution in [0, 0.1) is 0 Å². The number of nitrogens with one attached hydrogen (secondary N) is 2. The Balaban J connectivity index is 1.32. The van der Waals surface area contributed by atoms with Gasteiger partial charge in [-0.05, 0) is 59.7 Å². The van der Waals surface area contributed by atoms with E-state index >= 15 is 0 Å². The highest BCUT2D eigenvalue weighted by molar-refractivity contribution is 5.74. The van der Waals surface area contributed by atoms with Gasteiger partial charge in [-0.25, -0.2) is 4.98 Å². The van der Waals surface area contributed by atoms with Crippen LogP contribution >= 0.6 is 0 Å². The summed E-state index contributed by atoms with van der Waals surface area (Å²) in [6.07, 6.45) is 3.55. The lowest BCUT2D eigenvalue weighted by molar-refractivity contribution is 0.102. The van der Waals surface area contributed by atoms with Gasteiger partial charge in [0.2, 0.25) is 0 Å². The predicted molar refractivity (Wildman–Crippen MR) is 147 cm³/mol. The topological polar surface area (TPSA) is 107 Å². The van der Waals surface area contributed by atoms with Gasteiger partial charge in [-0.1, -0.05) is 24.3 Å². The highest BCUT2D eigenvalue weighted by Gasteiger charge is 2.10. The largest absolute Gasteiger partial charge is 0.491 e.